The van der Waals surface area contributed by atoms with Gasteiger partial charge in [-0.3, -0.25) is 4.79 Å². The summed E-state index contributed by atoms with van der Waals surface area (Å²) in [7, 11) is -3.63. The van der Waals surface area contributed by atoms with E-state index in [0.717, 1.165) is 24.9 Å². The lowest BCUT2D eigenvalue weighted by molar-refractivity contribution is -0.131. The van der Waals surface area contributed by atoms with Crippen LogP contribution in [0, 0.1) is 20.8 Å². The van der Waals surface area contributed by atoms with E-state index in [1.807, 2.05) is 30.0 Å². The second-order valence-corrected chi connectivity index (χ2v) is 9.25. The second kappa shape index (κ2) is 8.45. The number of nitrogens with zero attached hydrogens (tertiary/aromatic N) is 1. The van der Waals surface area contributed by atoms with Gasteiger partial charge in [-0.2, -0.15) is 0 Å². The molecule has 28 heavy (non-hydrogen) atoms. The number of amides is 1. The third kappa shape index (κ3) is 4.45. The molecule has 0 radical (unpaired) electrons. The molecule has 0 bridgehead atoms. The Balaban J connectivity index is 1.64. The molecular formula is C22H28N2O3S. The molecule has 1 aliphatic rings. The minimum atomic E-state index is -3.63. The summed E-state index contributed by atoms with van der Waals surface area (Å²) in [4.78, 5) is 14.9. The molecule has 3 rings (SSSR count). The quantitative estimate of drug-likeness (QED) is 0.805. The molecule has 2 aromatic rings. The fraction of sp³-hybridized carbons (Fsp3) is 0.409. The van der Waals surface area contributed by atoms with Crippen molar-refractivity contribution in [3.63, 3.8) is 0 Å². The Kier molecular flexibility index (Phi) is 6.20. The van der Waals surface area contributed by atoms with Gasteiger partial charge in [0.2, 0.25) is 15.9 Å². The van der Waals surface area contributed by atoms with Gasteiger partial charge in [0.15, 0.2) is 0 Å². The van der Waals surface area contributed by atoms with Crippen molar-refractivity contribution in [1.29, 1.82) is 0 Å². The lowest BCUT2D eigenvalue weighted by Crippen LogP contribution is -2.34. The number of hydrogen-bond acceptors (Lipinski definition) is 3. The van der Waals surface area contributed by atoms with Crippen LogP contribution in [0.3, 0.4) is 0 Å². The Labute approximate surface area is 167 Å². The highest BCUT2D eigenvalue weighted by atomic mass is 32.2. The van der Waals surface area contributed by atoms with Crippen molar-refractivity contribution in [2.45, 2.75) is 51.0 Å². The van der Waals surface area contributed by atoms with Crippen molar-refractivity contribution in [3.05, 3.63) is 64.7 Å². The van der Waals surface area contributed by atoms with Gasteiger partial charge in [0.05, 0.1) is 10.9 Å². The fourth-order valence-electron chi connectivity index (χ4n) is 3.86. The van der Waals surface area contributed by atoms with Crippen molar-refractivity contribution >= 4 is 15.9 Å². The Morgan fingerprint density at radius 1 is 1.11 bits per heavy atom. The molecule has 1 aliphatic heterocycles. The summed E-state index contributed by atoms with van der Waals surface area (Å²) < 4.78 is 27.8. The summed E-state index contributed by atoms with van der Waals surface area (Å²) in [5.74, 6) is -0.00517. The minimum Gasteiger partial charge on any atom is -0.336 e. The smallest absolute Gasteiger partial charge is 0.240 e. The summed E-state index contributed by atoms with van der Waals surface area (Å²) in [6, 6.07) is 13.6. The van der Waals surface area contributed by atoms with Gasteiger partial charge in [0, 0.05) is 19.5 Å². The molecule has 1 atom stereocenters. The van der Waals surface area contributed by atoms with Gasteiger partial charge in [-0.05, 0) is 61.9 Å². The molecule has 150 valence electrons. The molecule has 5 nitrogen and oxygen atoms in total. The maximum absolute atomic E-state index is 12.8. The summed E-state index contributed by atoms with van der Waals surface area (Å²) in [6.45, 7) is 6.53. The number of aryl methyl sites for hydroxylation is 3. The van der Waals surface area contributed by atoms with Gasteiger partial charge in [-0.25, -0.2) is 13.1 Å². The SMILES string of the molecule is Cc1ccc(C)c(S(=O)(=O)NCCC(=O)N2CCCC2c2ccccc2C)c1. The zero-order valence-corrected chi connectivity index (χ0v) is 17.6. The topological polar surface area (TPSA) is 66.5 Å². The average molecular weight is 401 g/mol. The predicted molar refractivity (Wildman–Crippen MR) is 111 cm³/mol. The zero-order chi connectivity index (χ0) is 20.3. The number of nitrogens with one attached hydrogen (secondary N) is 1. The first-order valence-corrected chi connectivity index (χ1v) is 11.2. The highest BCUT2D eigenvalue weighted by Crippen LogP contribution is 2.33. The Morgan fingerprint density at radius 2 is 1.86 bits per heavy atom. The molecule has 1 N–H and O–H groups in total. The first-order chi connectivity index (χ1) is 13.3. The maximum Gasteiger partial charge on any atom is 0.240 e. The lowest BCUT2D eigenvalue weighted by Gasteiger charge is -2.26. The van der Waals surface area contributed by atoms with E-state index in [-0.39, 0.29) is 29.8 Å². The molecule has 1 amide bonds. The number of benzene rings is 2. The predicted octanol–water partition coefficient (Wildman–Crippen LogP) is 3.64. The van der Waals surface area contributed by atoms with E-state index < -0.39 is 10.0 Å². The number of rotatable bonds is 6. The molecule has 0 aliphatic carbocycles. The van der Waals surface area contributed by atoms with Crippen LogP contribution in [0.5, 0.6) is 0 Å². The number of hydrogen-bond donors (Lipinski definition) is 1. The zero-order valence-electron chi connectivity index (χ0n) is 16.7. The molecule has 1 unspecified atom stereocenters. The van der Waals surface area contributed by atoms with Crippen LogP contribution in [-0.4, -0.2) is 32.3 Å². The molecule has 6 heteroatoms. The third-order valence-corrected chi connectivity index (χ3v) is 6.99. The van der Waals surface area contributed by atoms with E-state index in [2.05, 4.69) is 23.8 Å². The monoisotopic (exact) mass is 400 g/mol. The standard InChI is InChI=1S/C22H28N2O3S/c1-16-10-11-18(3)21(15-16)28(26,27)23-13-12-22(25)24-14-6-9-20(24)19-8-5-4-7-17(19)2/h4-5,7-8,10-11,15,20,23H,6,9,12-14H2,1-3H3. The van der Waals surface area contributed by atoms with Crippen LogP contribution in [0.2, 0.25) is 0 Å². The Morgan fingerprint density at radius 3 is 2.61 bits per heavy atom. The highest BCUT2D eigenvalue weighted by molar-refractivity contribution is 7.89. The highest BCUT2D eigenvalue weighted by Gasteiger charge is 2.30. The fourth-order valence-corrected chi connectivity index (χ4v) is 5.22. The number of likely N-dealkylation sites (tertiary alicyclic amines) is 1. The number of sulfonamides is 1. The van der Waals surface area contributed by atoms with Gasteiger partial charge in [-0.15, -0.1) is 0 Å². The molecule has 2 aromatic carbocycles. The first-order valence-electron chi connectivity index (χ1n) is 9.71. The molecular weight excluding hydrogens is 372 g/mol. The van der Waals surface area contributed by atoms with Crippen LogP contribution in [0.1, 0.15) is 47.6 Å². The van der Waals surface area contributed by atoms with Crippen molar-refractivity contribution < 1.29 is 13.2 Å². The molecule has 0 saturated carbocycles. The van der Waals surface area contributed by atoms with E-state index in [1.165, 1.54) is 11.1 Å². The number of carbonyl (C=O) groups excluding carboxylic acids is 1. The van der Waals surface area contributed by atoms with Gasteiger partial charge < -0.3 is 4.90 Å². The van der Waals surface area contributed by atoms with Crippen LogP contribution in [0.4, 0.5) is 0 Å². The first kappa shape index (κ1) is 20.6. The van der Waals surface area contributed by atoms with E-state index in [0.29, 0.717) is 5.56 Å². The van der Waals surface area contributed by atoms with Crippen LogP contribution >= 0.6 is 0 Å². The Hall–Kier alpha value is -2.18. The summed E-state index contributed by atoms with van der Waals surface area (Å²) >= 11 is 0. The van der Waals surface area contributed by atoms with Crippen LogP contribution in [0.15, 0.2) is 47.4 Å². The average Bonchev–Trinajstić information content (AvgIpc) is 3.13. The normalized spacial score (nSPS) is 17.1. The van der Waals surface area contributed by atoms with Crippen molar-refractivity contribution in [1.82, 2.24) is 9.62 Å². The van der Waals surface area contributed by atoms with E-state index in [1.54, 1.807) is 19.1 Å². The van der Waals surface area contributed by atoms with Crippen molar-refractivity contribution in [2.75, 3.05) is 13.1 Å². The molecule has 0 aromatic heterocycles. The minimum absolute atomic E-state index is 0.00517. The second-order valence-electron chi connectivity index (χ2n) is 7.52. The van der Waals surface area contributed by atoms with Gasteiger partial charge >= 0.3 is 0 Å². The van der Waals surface area contributed by atoms with Crippen LogP contribution in [0.25, 0.3) is 0 Å². The van der Waals surface area contributed by atoms with Gasteiger partial charge in [0.25, 0.3) is 0 Å². The summed E-state index contributed by atoms with van der Waals surface area (Å²) in [6.07, 6.45) is 2.08. The number of carbonyl (C=O) groups is 1. The maximum atomic E-state index is 12.8. The van der Waals surface area contributed by atoms with E-state index in [9.17, 15) is 13.2 Å². The van der Waals surface area contributed by atoms with E-state index >= 15 is 0 Å². The van der Waals surface area contributed by atoms with Gasteiger partial charge in [-0.1, -0.05) is 36.4 Å². The largest absolute Gasteiger partial charge is 0.336 e. The van der Waals surface area contributed by atoms with Crippen LogP contribution < -0.4 is 4.72 Å². The third-order valence-electron chi connectivity index (χ3n) is 5.38. The molecule has 1 fully saturated rings. The molecule has 1 saturated heterocycles. The lowest BCUT2D eigenvalue weighted by atomic mass is 9.99. The van der Waals surface area contributed by atoms with Crippen LogP contribution in [-0.2, 0) is 14.8 Å². The van der Waals surface area contributed by atoms with E-state index in [4.69, 9.17) is 0 Å². The Bertz CT molecular complexity index is 969. The van der Waals surface area contributed by atoms with Gasteiger partial charge in [0.1, 0.15) is 0 Å². The summed E-state index contributed by atoms with van der Waals surface area (Å²) in [5, 5.41) is 0. The van der Waals surface area contributed by atoms with Crippen molar-refractivity contribution in [2.24, 2.45) is 0 Å². The van der Waals surface area contributed by atoms with Crippen molar-refractivity contribution in [3.8, 4) is 0 Å². The molecule has 1 heterocycles. The molecule has 0 spiro atoms. The summed E-state index contributed by atoms with van der Waals surface area (Å²) in [5.41, 5.74) is 3.95.